The maximum absolute atomic E-state index is 11.8. The van der Waals surface area contributed by atoms with E-state index in [0.717, 1.165) is 11.3 Å². The van der Waals surface area contributed by atoms with Crippen molar-refractivity contribution in [3.63, 3.8) is 0 Å². The van der Waals surface area contributed by atoms with E-state index in [-0.39, 0.29) is 24.7 Å². The van der Waals surface area contributed by atoms with Crippen LogP contribution in [-0.4, -0.2) is 40.6 Å². The van der Waals surface area contributed by atoms with Gasteiger partial charge in [0.25, 0.3) is 0 Å². The topological polar surface area (TPSA) is 82.2 Å². The average molecular weight is 272 g/mol. The number of ketones is 1. The minimum absolute atomic E-state index is 0.0794. The van der Waals surface area contributed by atoms with Crippen molar-refractivity contribution in [1.82, 2.24) is 0 Å². The highest BCUT2D eigenvalue weighted by Gasteiger charge is 2.20. The van der Waals surface area contributed by atoms with E-state index in [1.807, 2.05) is 6.92 Å². The van der Waals surface area contributed by atoms with Crippen molar-refractivity contribution in [3.8, 4) is 5.75 Å². The molecule has 0 fully saturated rings. The molecule has 0 heterocycles. The van der Waals surface area contributed by atoms with E-state index in [9.17, 15) is 9.90 Å². The normalized spacial score (nSPS) is 19.5. The number of allylic oxidation sites excluding steroid dienone is 2. The summed E-state index contributed by atoms with van der Waals surface area (Å²) in [5, 5.41) is 18.0. The van der Waals surface area contributed by atoms with Crippen LogP contribution in [0, 0.1) is 0 Å². The highest BCUT2D eigenvalue weighted by molar-refractivity contribution is 6.50. The molecule has 5 heteroatoms. The van der Waals surface area contributed by atoms with Crippen LogP contribution < -0.4 is 0 Å². The van der Waals surface area contributed by atoms with Gasteiger partial charge in [-0.05, 0) is 42.8 Å². The molecule has 0 aromatic heterocycles. The second kappa shape index (κ2) is 6.25. The van der Waals surface area contributed by atoms with Crippen molar-refractivity contribution in [2.24, 2.45) is 9.98 Å². The highest BCUT2D eigenvalue weighted by atomic mass is 16.3. The van der Waals surface area contributed by atoms with Crippen LogP contribution in [0.2, 0.25) is 0 Å². The van der Waals surface area contributed by atoms with Gasteiger partial charge in [-0.1, -0.05) is 0 Å². The van der Waals surface area contributed by atoms with E-state index in [0.29, 0.717) is 17.8 Å². The van der Waals surface area contributed by atoms with Crippen molar-refractivity contribution < 1.29 is 15.0 Å². The number of carbonyl (C=O) groups is 1. The van der Waals surface area contributed by atoms with Crippen LogP contribution in [0.3, 0.4) is 0 Å². The molecule has 0 bridgehead atoms. The lowest BCUT2D eigenvalue weighted by Crippen LogP contribution is -2.24. The maximum atomic E-state index is 11.8. The molecular formula is C15H16N2O3. The zero-order chi connectivity index (χ0) is 14.5. The first kappa shape index (κ1) is 14.1. The predicted molar refractivity (Wildman–Crippen MR) is 78.0 cm³/mol. The van der Waals surface area contributed by atoms with E-state index in [4.69, 9.17) is 5.11 Å². The Morgan fingerprint density at radius 2 is 1.90 bits per heavy atom. The fraction of sp³-hybridized carbons (Fsp3) is 0.267. The number of phenols is 1. The molecule has 0 aliphatic heterocycles. The Bertz CT molecular complexity index is 598. The SMILES string of the molecule is CC1=CC(=O)C(=NCCO)CC1=Nc1ccc(O)cc1. The summed E-state index contributed by atoms with van der Waals surface area (Å²) in [6.45, 7) is 1.98. The smallest absolute Gasteiger partial charge is 0.200 e. The second-order valence-corrected chi connectivity index (χ2v) is 4.50. The molecule has 20 heavy (non-hydrogen) atoms. The molecule has 1 aromatic carbocycles. The molecule has 0 radical (unpaired) electrons. The van der Waals surface area contributed by atoms with Crippen molar-refractivity contribution in [3.05, 3.63) is 35.9 Å². The number of benzene rings is 1. The third kappa shape index (κ3) is 3.39. The molecule has 0 spiro atoms. The molecule has 1 aliphatic rings. The zero-order valence-electron chi connectivity index (χ0n) is 11.2. The number of aliphatic hydroxyl groups is 1. The summed E-state index contributed by atoms with van der Waals surface area (Å²) < 4.78 is 0. The number of aromatic hydroxyl groups is 1. The monoisotopic (exact) mass is 272 g/mol. The Kier molecular flexibility index (Phi) is 4.42. The Morgan fingerprint density at radius 1 is 1.20 bits per heavy atom. The maximum Gasteiger partial charge on any atom is 0.200 e. The number of hydrogen-bond acceptors (Lipinski definition) is 5. The van der Waals surface area contributed by atoms with Crippen LogP contribution in [0.5, 0.6) is 5.75 Å². The third-order valence-electron chi connectivity index (χ3n) is 2.94. The van der Waals surface area contributed by atoms with Crippen LogP contribution in [0.25, 0.3) is 0 Å². The highest BCUT2D eigenvalue weighted by Crippen LogP contribution is 2.20. The van der Waals surface area contributed by atoms with E-state index in [1.54, 1.807) is 24.3 Å². The number of nitrogens with zero attached hydrogens (tertiary/aromatic N) is 2. The summed E-state index contributed by atoms with van der Waals surface area (Å²) in [6, 6.07) is 6.54. The average Bonchev–Trinajstić information content (AvgIpc) is 2.43. The van der Waals surface area contributed by atoms with Gasteiger partial charge < -0.3 is 10.2 Å². The lowest BCUT2D eigenvalue weighted by molar-refractivity contribution is -0.109. The van der Waals surface area contributed by atoms with Crippen molar-refractivity contribution >= 4 is 22.9 Å². The van der Waals surface area contributed by atoms with E-state index < -0.39 is 0 Å². The lowest BCUT2D eigenvalue weighted by Gasteiger charge is -2.14. The van der Waals surface area contributed by atoms with Crippen LogP contribution in [0.1, 0.15) is 13.3 Å². The van der Waals surface area contributed by atoms with Gasteiger partial charge in [0.15, 0.2) is 5.78 Å². The summed E-state index contributed by atoms with van der Waals surface area (Å²) in [5.41, 5.74) is 2.71. The first-order valence-electron chi connectivity index (χ1n) is 6.34. The van der Waals surface area contributed by atoms with E-state index in [2.05, 4.69) is 9.98 Å². The minimum atomic E-state index is -0.124. The largest absolute Gasteiger partial charge is 0.508 e. The van der Waals surface area contributed by atoms with Crippen LogP contribution in [-0.2, 0) is 4.79 Å². The lowest BCUT2D eigenvalue weighted by atomic mass is 9.95. The summed E-state index contributed by atoms with van der Waals surface area (Å²) in [4.78, 5) is 20.3. The second-order valence-electron chi connectivity index (χ2n) is 4.50. The Morgan fingerprint density at radius 3 is 2.55 bits per heavy atom. The number of hydrogen-bond donors (Lipinski definition) is 2. The Hall–Kier alpha value is -2.27. The van der Waals surface area contributed by atoms with Crippen LogP contribution in [0.15, 0.2) is 45.9 Å². The molecule has 0 amide bonds. The third-order valence-corrected chi connectivity index (χ3v) is 2.94. The molecule has 0 saturated heterocycles. The zero-order valence-corrected chi connectivity index (χ0v) is 11.2. The fourth-order valence-electron chi connectivity index (χ4n) is 1.88. The van der Waals surface area contributed by atoms with Crippen LogP contribution >= 0.6 is 0 Å². The number of aliphatic hydroxyl groups excluding tert-OH is 1. The summed E-state index contributed by atoms with van der Waals surface area (Å²) in [7, 11) is 0. The van der Waals surface area contributed by atoms with Gasteiger partial charge in [0.1, 0.15) is 5.75 Å². The van der Waals surface area contributed by atoms with Gasteiger partial charge in [-0.15, -0.1) is 0 Å². The van der Waals surface area contributed by atoms with E-state index in [1.165, 1.54) is 6.08 Å². The molecule has 2 N–H and O–H groups in total. The standard InChI is InChI=1S/C15H16N2O3/c1-10-8-15(20)14(16-6-7-18)9-13(10)17-11-2-4-12(19)5-3-11/h2-5,8,18-19H,6-7,9H2,1H3. The summed E-state index contributed by atoms with van der Waals surface area (Å²) in [6.07, 6.45) is 1.88. The van der Waals surface area contributed by atoms with Gasteiger partial charge in [-0.25, -0.2) is 0 Å². The molecule has 1 aliphatic carbocycles. The molecule has 2 rings (SSSR count). The van der Waals surface area contributed by atoms with Gasteiger partial charge >= 0.3 is 0 Å². The van der Waals surface area contributed by atoms with Crippen molar-refractivity contribution in [2.45, 2.75) is 13.3 Å². The minimum Gasteiger partial charge on any atom is -0.508 e. The molecule has 0 unspecified atom stereocenters. The van der Waals surface area contributed by atoms with Gasteiger partial charge in [0, 0.05) is 6.42 Å². The number of carbonyl (C=O) groups excluding carboxylic acids is 1. The van der Waals surface area contributed by atoms with Crippen molar-refractivity contribution in [2.75, 3.05) is 13.2 Å². The van der Waals surface area contributed by atoms with Crippen LogP contribution in [0.4, 0.5) is 5.69 Å². The Labute approximate surface area is 117 Å². The molecular weight excluding hydrogens is 256 g/mol. The van der Waals surface area contributed by atoms with E-state index >= 15 is 0 Å². The predicted octanol–water partition coefficient (Wildman–Crippen LogP) is 1.82. The first-order chi connectivity index (χ1) is 9.60. The van der Waals surface area contributed by atoms with Gasteiger partial charge in [-0.3, -0.25) is 14.8 Å². The first-order valence-corrected chi connectivity index (χ1v) is 6.34. The fourth-order valence-corrected chi connectivity index (χ4v) is 1.88. The summed E-state index contributed by atoms with van der Waals surface area (Å²) >= 11 is 0. The van der Waals surface area contributed by atoms with Gasteiger partial charge in [0.05, 0.1) is 30.3 Å². The number of aliphatic imine (C=N–C) groups is 2. The molecule has 1 aromatic rings. The molecule has 104 valence electrons. The number of rotatable bonds is 3. The van der Waals surface area contributed by atoms with Crippen molar-refractivity contribution in [1.29, 1.82) is 0 Å². The molecule has 0 saturated carbocycles. The quantitative estimate of drug-likeness (QED) is 0.880. The van der Waals surface area contributed by atoms with Gasteiger partial charge in [-0.2, -0.15) is 0 Å². The van der Waals surface area contributed by atoms with Gasteiger partial charge in [0.2, 0.25) is 0 Å². The molecule has 5 nitrogen and oxygen atoms in total. The number of phenolic OH excluding ortho intramolecular Hbond substituents is 1. The summed E-state index contributed by atoms with van der Waals surface area (Å²) in [5.74, 6) is 0.0610. The Balaban J connectivity index is 2.29. The molecule has 0 atom stereocenters.